The summed E-state index contributed by atoms with van der Waals surface area (Å²) in [7, 11) is 0. The maximum Gasteiger partial charge on any atom is 0.0250 e. The molecule has 1 aliphatic rings. The maximum atomic E-state index is 4.12. The Hall–Kier alpha value is -0.560. The van der Waals surface area contributed by atoms with E-state index in [0.717, 1.165) is 5.92 Å². The minimum atomic E-state index is 0.753. The molecule has 1 heteroatoms. The van der Waals surface area contributed by atoms with Crippen LogP contribution in [0.15, 0.2) is 35.3 Å². The molecule has 1 aliphatic carbocycles. The molecule has 0 bridgehead atoms. The highest BCUT2D eigenvalue weighted by Crippen LogP contribution is 2.42. The number of hydrogen-bond acceptors (Lipinski definition) is 0. The molecule has 0 aromatic heterocycles. The molecule has 1 aromatic carbocycles. The highest BCUT2D eigenvalue weighted by Gasteiger charge is 2.25. The van der Waals surface area contributed by atoms with Crippen molar-refractivity contribution in [1.29, 1.82) is 0 Å². The van der Waals surface area contributed by atoms with Gasteiger partial charge in [-0.05, 0) is 36.0 Å². The van der Waals surface area contributed by atoms with Crippen molar-refractivity contribution >= 4 is 21.5 Å². The fourth-order valence-electron chi connectivity index (χ4n) is 1.37. The standard InChI is InChI=1S/C11H11Br/c1-8(9-6-7-9)10-4-2-3-5-11(10)12/h2-5,9H,1,6-7H2. The summed E-state index contributed by atoms with van der Waals surface area (Å²) >= 11 is 3.53. The van der Waals surface area contributed by atoms with Crippen LogP contribution in [0.1, 0.15) is 18.4 Å². The summed E-state index contributed by atoms with van der Waals surface area (Å²) in [5.74, 6) is 0.753. The molecule has 0 N–H and O–H groups in total. The van der Waals surface area contributed by atoms with Crippen molar-refractivity contribution in [3.63, 3.8) is 0 Å². The van der Waals surface area contributed by atoms with Crippen molar-refractivity contribution in [3.05, 3.63) is 40.9 Å². The molecule has 2 rings (SSSR count). The van der Waals surface area contributed by atoms with Crippen LogP contribution < -0.4 is 0 Å². The fourth-order valence-corrected chi connectivity index (χ4v) is 1.91. The number of halogens is 1. The Morgan fingerprint density at radius 3 is 2.58 bits per heavy atom. The molecule has 12 heavy (non-hydrogen) atoms. The van der Waals surface area contributed by atoms with Crippen LogP contribution in [0.5, 0.6) is 0 Å². The number of benzene rings is 1. The van der Waals surface area contributed by atoms with Gasteiger partial charge in [-0.25, -0.2) is 0 Å². The minimum absolute atomic E-state index is 0.753. The van der Waals surface area contributed by atoms with Gasteiger partial charge in [-0.3, -0.25) is 0 Å². The largest absolute Gasteiger partial charge is 0.0949 e. The van der Waals surface area contributed by atoms with E-state index in [1.165, 1.54) is 28.5 Å². The number of allylic oxidation sites excluding steroid dienone is 1. The van der Waals surface area contributed by atoms with Crippen molar-refractivity contribution in [2.45, 2.75) is 12.8 Å². The molecule has 0 heterocycles. The highest BCUT2D eigenvalue weighted by atomic mass is 79.9. The first kappa shape index (κ1) is 8.06. The molecule has 0 atom stereocenters. The lowest BCUT2D eigenvalue weighted by molar-refractivity contribution is 1.15. The number of hydrogen-bond donors (Lipinski definition) is 0. The molecule has 0 radical (unpaired) electrons. The average molecular weight is 223 g/mol. The maximum absolute atomic E-state index is 4.12. The van der Waals surface area contributed by atoms with Crippen molar-refractivity contribution in [1.82, 2.24) is 0 Å². The van der Waals surface area contributed by atoms with E-state index in [1.807, 2.05) is 6.07 Å². The topological polar surface area (TPSA) is 0 Å². The second kappa shape index (κ2) is 3.06. The normalized spacial score (nSPS) is 16.1. The van der Waals surface area contributed by atoms with Crippen LogP contribution in [0.4, 0.5) is 0 Å². The van der Waals surface area contributed by atoms with E-state index in [2.05, 4.69) is 40.7 Å². The summed E-state index contributed by atoms with van der Waals surface area (Å²) in [5, 5.41) is 0. The lowest BCUT2D eigenvalue weighted by atomic mass is 10.0. The fraction of sp³-hybridized carbons (Fsp3) is 0.273. The van der Waals surface area contributed by atoms with E-state index in [9.17, 15) is 0 Å². The third-order valence-electron chi connectivity index (χ3n) is 2.29. The van der Waals surface area contributed by atoms with Crippen LogP contribution in [0.3, 0.4) is 0 Å². The monoisotopic (exact) mass is 222 g/mol. The van der Waals surface area contributed by atoms with E-state index in [-0.39, 0.29) is 0 Å². The third-order valence-corrected chi connectivity index (χ3v) is 2.98. The van der Waals surface area contributed by atoms with E-state index in [0.29, 0.717) is 0 Å². The molecule has 0 aliphatic heterocycles. The molecule has 0 saturated heterocycles. The first-order chi connectivity index (χ1) is 5.79. The first-order valence-corrected chi connectivity index (χ1v) is 5.02. The zero-order valence-corrected chi connectivity index (χ0v) is 8.47. The highest BCUT2D eigenvalue weighted by molar-refractivity contribution is 9.10. The zero-order valence-electron chi connectivity index (χ0n) is 6.89. The van der Waals surface area contributed by atoms with Gasteiger partial charge >= 0.3 is 0 Å². The summed E-state index contributed by atoms with van der Waals surface area (Å²) in [6.45, 7) is 4.12. The van der Waals surface area contributed by atoms with Gasteiger partial charge in [0.25, 0.3) is 0 Å². The van der Waals surface area contributed by atoms with Gasteiger partial charge in [-0.15, -0.1) is 0 Å². The smallest absolute Gasteiger partial charge is 0.0250 e. The van der Waals surface area contributed by atoms with E-state index in [4.69, 9.17) is 0 Å². The van der Waals surface area contributed by atoms with Gasteiger partial charge in [0.05, 0.1) is 0 Å². The van der Waals surface area contributed by atoms with Crippen LogP contribution >= 0.6 is 15.9 Å². The quantitative estimate of drug-likeness (QED) is 0.713. The van der Waals surface area contributed by atoms with Gasteiger partial charge < -0.3 is 0 Å². The lowest BCUT2D eigenvalue weighted by Crippen LogP contribution is -1.85. The molecule has 62 valence electrons. The van der Waals surface area contributed by atoms with Gasteiger partial charge in [0.1, 0.15) is 0 Å². The van der Waals surface area contributed by atoms with E-state index >= 15 is 0 Å². The SMILES string of the molecule is C=C(c1ccccc1Br)C1CC1. The molecule has 1 fully saturated rings. The van der Waals surface area contributed by atoms with Crippen molar-refractivity contribution < 1.29 is 0 Å². The number of rotatable bonds is 2. The Bertz CT molecular complexity index is 311. The van der Waals surface area contributed by atoms with Crippen LogP contribution in [0.25, 0.3) is 5.57 Å². The second-order valence-electron chi connectivity index (χ2n) is 3.28. The van der Waals surface area contributed by atoms with Gasteiger partial charge in [0, 0.05) is 4.47 Å². The van der Waals surface area contributed by atoms with Crippen LogP contribution in [-0.2, 0) is 0 Å². The third kappa shape index (κ3) is 1.46. The Balaban J connectivity index is 2.32. The molecule has 0 spiro atoms. The van der Waals surface area contributed by atoms with E-state index in [1.54, 1.807) is 0 Å². The van der Waals surface area contributed by atoms with E-state index < -0.39 is 0 Å². The average Bonchev–Trinajstić information content (AvgIpc) is 2.86. The molecular weight excluding hydrogens is 212 g/mol. The molecule has 1 aromatic rings. The van der Waals surface area contributed by atoms with Crippen LogP contribution in [0.2, 0.25) is 0 Å². The van der Waals surface area contributed by atoms with Crippen molar-refractivity contribution in [2.75, 3.05) is 0 Å². The summed E-state index contributed by atoms with van der Waals surface area (Å²) in [4.78, 5) is 0. The zero-order chi connectivity index (χ0) is 8.55. The van der Waals surface area contributed by atoms with Crippen LogP contribution in [0, 0.1) is 5.92 Å². The van der Waals surface area contributed by atoms with Crippen molar-refractivity contribution in [3.8, 4) is 0 Å². The molecule has 0 amide bonds. The Kier molecular flexibility index (Phi) is 2.05. The lowest BCUT2D eigenvalue weighted by Gasteiger charge is -2.05. The Labute approximate surface area is 81.4 Å². The second-order valence-corrected chi connectivity index (χ2v) is 4.13. The van der Waals surface area contributed by atoms with Gasteiger partial charge in [0.2, 0.25) is 0 Å². The van der Waals surface area contributed by atoms with Gasteiger partial charge in [0.15, 0.2) is 0 Å². The molecule has 0 nitrogen and oxygen atoms in total. The van der Waals surface area contributed by atoms with Crippen molar-refractivity contribution in [2.24, 2.45) is 5.92 Å². The first-order valence-electron chi connectivity index (χ1n) is 4.23. The summed E-state index contributed by atoms with van der Waals surface area (Å²) in [5.41, 5.74) is 2.57. The predicted octanol–water partition coefficient (Wildman–Crippen LogP) is 3.87. The van der Waals surface area contributed by atoms with Crippen LogP contribution in [-0.4, -0.2) is 0 Å². The van der Waals surface area contributed by atoms with Gasteiger partial charge in [-0.2, -0.15) is 0 Å². The molecule has 0 unspecified atom stereocenters. The molecule has 1 saturated carbocycles. The summed E-state index contributed by atoms with van der Waals surface area (Å²) < 4.78 is 1.17. The summed E-state index contributed by atoms with van der Waals surface area (Å²) in [6.07, 6.45) is 2.64. The predicted molar refractivity (Wildman–Crippen MR) is 55.9 cm³/mol. The Morgan fingerprint density at radius 2 is 2.00 bits per heavy atom. The Morgan fingerprint density at radius 1 is 1.33 bits per heavy atom. The molecular formula is C11H11Br. The minimum Gasteiger partial charge on any atom is -0.0949 e. The summed E-state index contributed by atoms with van der Waals surface area (Å²) in [6, 6.07) is 8.30. The van der Waals surface area contributed by atoms with Gasteiger partial charge in [-0.1, -0.05) is 40.7 Å².